The summed E-state index contributed by atoms with van der Waals surface area (Å²) in [6, 6.07) is 5.07. The number of aliphatic hydroxyl groups is 1. The minimum absolute atomic E-state index is 0.0479. The van der Waals surface area contributed by atoms with E-state index in [9.17, 15) is 9.90 Å². The van der Waals surface area contributed by atoms with Crippen molar-refractivity contribution in [2.45, 2.75) is 19.4 Å². The van der Waals surface area contributed by atoms with Crippen LogP contribution in [0.5, 0.6) is 0 Å². The number of benzene rings is 1. The van der Waals surface area contributed by atoms with Gasteiger partial charge in [0.1, 0.15) is 0 Å². The number of hydrogen-bond donors (Lipinski definition) is 3. The van der Waals surface area contributed by atoms with Gasteiger partial charge in [0.25, 0.3) is 0 Å². The Labute approximate surface area is 92.5 Å². The first-order valence-electron chi connectivity index (χ1n) is 5.28. The van der Waals surface area contributed by atoms with E-state index in [0.717, 1.165) is 5.52 Å². The highest BCUT2D eigenvalue weighted by Crippen LogP contribution is 2.18. The third-order valence-electron chi connectivity index (χ3n) is 2.79. The molecule has 0 saturated heterocycles. The Bertz CT molecular complexity index is 552. The molecule has 0 aliphatic heterocycles. The number of anilines is 1. The normalized spacial score (nSPS) is 13.1. The smallest absolute Gasteiger partial charge is 0.326 e. The minimum Gasteiger partial charge on any atom is -0.399 e. The molecule has 0 fully saturated rings. The molecule has 1 heterocycles. The molecule has 0 amide bonds. The summed E-state index contributed by atoms with van der Waals surface area (Å²) < 4.78 is 1.58. The molecule has 0 aliphatic rings. The van der Waals surface area contributed by atoms with Gasteiger partial charge in [-0.25, -0.2) is 4.79 Å². The van der Waals surface area contributed by atoms with Gasteiger partial charge in [-0.15, -0.1) is 0 Å². The van der Waals surface area contributed by atoms with E-state index in [0.29, 0.717) is 17.6 Å². The average molecular weight is 221 g/mol. The van der Waals surface area contributed by atoms with Gasteiger partial charge in [-0.05, 0) is 24.6 Å². The summed E-state index contributed by atoms with van der Waals surface area (Å²) in [6.07, 6.45) is 0.702. The van der Waals surface area contributed by atoms with Gasteiger partial charge in [0.2, 0.25) is 0 Å². The summed E-state index contributed by atoms with van der Waals surface area (Å²) in [6.45, 7) is 1.89. The molecule has 1 aromatic carbocycles. The maximum Gasteiger partial charge on any atom is 0.326 e. The first kappa shape index (κ1) is 10.8. The molecule has 0 spiro atoms. The van der Waals surface area contributed by atoms with Crippen LogP contribution >= 0.6 is 0 Å². The van der Waals surface area contributed by atoms with Crippen LogP contribution in [0.15, 0.2) is 23.0 Å². The number of nitrogen functional groups attached to an aromatic ring is 1. The standard InChI is InChI=1S/C11H15N3O2/c1-2-8(6-15)14-10-4-3-7(12)5-9(10)13-11(14)16/h3-5,8,15H,2,6,12H2,1H3,(H,13,16). The first-order chi connectivity index (χ1) is 7.67. The molecule has 4 N–H and O–H groups in total. The van der Waals surface area contributed by atoms with E-state index in [2.05, 4.69) is 4.98 Å². The molecule has 0 radical (unpaired) electrons. The lowest BCUT2D eigenvalue weighted by atomic mass is 10.2. The van der Waals surface area contributed by atoms with Crippen molar-refractivity contribution in [2.24, 2.45) is 0 Å². The summed E-state index contributed by atoms with van der Waals surface area (Å²) >= 11 is 0. The van der Waals surface area contributed by atoms with Gasteiger partial charge in [-0.3, -0.25) is 4.57 Å². The Hall–Kier alpha value is -1.75. The number of fused-ring (bicyclic) bond motifs is 1. The molecule has 0 bridgehead atoms. The van der Waals surface area contributed by atoms with Gasteiger partial charge in [0, 0.05) is 5.69 Å². The molecule has 86 valence electrons. The molecule has 2 rings (SSSR count). The topological polar surface area (TPSA) is 84.0 Å². The Kier molecular flexibility index (Phi) is 2.70. The van der Waals surface area contributed by atoms with Crippen molar-refractivity contribution in [1.82, 2.24) is 9.55 Å². The largest absolute Gasteiger partial charge is 0.399 e. The van der Waals surface area contributed by atoms with E-state index in [1.165, 1.54) is 0 Å². The third-order valence-corrected chi connectivity index (χ3v) is 2.79. The van der Waals surface area contributed by atoms with Gasteiger partial charge in [0.05, 0.1) is 23.7 Å². The lowest BCUT2D eigenvalue weighted by molar-refractivity contribution is 0.225. The molecular formula is C11H15N3O2. The molecule has 5 heteroatoms. The van der Waals surface area contributed by atoms with Gasteiger partial charge >= 0.3 is 5.69 Å². The average Bonchev–Trinajstić information content (AvgIpc) is 2.57. The van der Waals surface area contributed by atoms with Crippen molar-refractivity contribution < 1.29 is 5.11 Å². The molecule has 1 atom stereocenters. The number of nitrogens with one attached hydrogen (secondary N) is 1. The van der Waals surface area contributed by atoms with Crippen LogP contribution in [0.1, 0.15) is 19.4 Å². The first-order valence-corrected chi connectivity index (χ1v) is 5.28. The van der Waals surface area contributed by atoms with Crippen LogP contribution in [0.25, 0.3) is 11.0 Å². The summed E-state index contributed by atoms with van der Waals surface area (Å²) in [4.78, 5) is 14.5. The van der Waals surface area contributed by atoms with Crippen LogP contribution < -0.4 is 11.4 Å². The van der Waals surface area contributed by atoms with E-state index in [4.69, 9.17) is 5.73 Å². The molecule has 16 heavy (non-hydrogen) atoms. The molecular weight excluding hydrogens is 206 g/mol. The summed E-state index contributed by atoms with van der Waals surface area (Å²) in [5, 5.41) is 9.24. The van der Waals surface area contributed by atoms with Crippen LogP contribution in [0.3, 0.4) is 0 Å². The van der Waals surface area contributed by atoms with Crippen molar-refractivity contribution >= 4 is 16.7 Å². The second-order valence-corrected chi connectivity index (χ2v) is 3.82. The van der Waals surface area contributed by atoms with E-state index < -0.39 is 0 Å². The Morgan fingerprint density at radius 2 is 2.31 bits per heavy atom. The zero-order valence-electron chi connectivity index (χ0n) is 9.10. The zero-order valence-corrected chi connectivity index (χ0v) is 9.10. The highest BCUT2D eigenvalue weighted by atomic mass is 16.3. The van der Waals surface area contributed by atoms with Crippen molar-refractivity contribution in [3.8, 4) is 0 Å². The number of nitrogens with two attached hydrogens (primary N) is 1. The van der Waals surface area contributed by atoms with E-state index in [1.807, 2.05) is 6.92 Å². The zero-order chi connectivity index (χ0) is 11.7. The van der Waals surface area contributed by atoms with Gasteiger partial charge in [-0.1, -0.05) is 6.92 Å². The second kappa shape index (κ2) is 4.02. The number of H-pyrrole nitrogens is 1. The predicted octanol–water partition coefficient (Wildman–Crippen LogP) is 0.855. The maximum atomic E-state index is 11.8. The SMILES string of the molecule is CCC(CO)n1c(=O)[nH]c2cc(N)ccc21. The molecule has 2 aromatic rings. The summed E-state index contributed by atoms with van der Waals surface area (Å²) in [7, 11) is 0. The lowest BCUT2D eigenvalue weighted by Crippen LogP contribution is -2.24. The summed E-state index contributed by atoms with van der Waals surface area (Å²) in [5.41, 5.74) is 7.53. The van der Waals surface area contributed by atoms with Crippen LogP contribution in [0, 0.1) is 0 Å². The molecule has 0 aliphatic carbocycles. The number of hydrogen-bond acceptors (Lipinski definition) is 3. The van der Waals surface area contributed by atoms with Crippen LogP contribution in [0.2, 0.25) is 0 Å². The molecule has 1 unspecified atom stereocenters. The number of aromatic nitrogens is 2. The third kappa shape index (κ3) is 1.59. The molecule has 1 aromatic heterocycles. The van der Waals surface area contributed by atoms with Gasteiger partial charge in [-0.2, -0.15) is 0 Å². The maximum absolute atomic E-state index is 11.8. The van der Waals surface area contributed by atoms with Crippen molar-refractivity contribution in [2.75, 3.05) is 12.3 Å². The predicted molar refractivity (Wildman–Crippen MR) is 63.4 cm³/mol. The van der Waals surface area contributed by atoms with Crippen LogP contribution in [0.4, 0.5) is 5.69 Å². The van der Waals surface area contributed by atoms with E-state index >= 15 is 0 Å². The highest BCUT2D eigenvalue weighted by molar-refractivity contribution is 5.79. The Morgan fingerprint density at radius 1 is 1.56 bits per heavy atom. The fourth-order valence-corrected chi connectivity index (χ4v) is 1.90. The summed E-state index contributed by atoms with van der Waals surface area (Å²) in [5.74, 6) is 0. The van der Waals surface area contributed by atoms with Crippen LogP contribution in [-0.2, 0) is 0 Å². The number of aliphatic hydroxyl groups excluding tert-OH is 1. The fraction of sp³-hybridized carbons (Fsp3) is 0.364. The highest BCUT2D eigenvalue weighted by Gasteiger charge is 2.14. The Morgan fingerprint density at radius 3 is 2.94 bits per heavy atom. The van der Waals surface area contributed by atoms with Crippen LogP contribution in [-0.4, -0.2) is 21.3 Å². The molecule has 5 nitrogen and oxygen atoms in total. The molecule has 0 saturated carbocycles. The number of rotatable bonds is 3. The van der Waals surface area contributed by atoms with E-state index in [-0.39, 0.29) is 18.3 Å². The fourth-order valence-electron chi connectivity index (χ4n) is 1.90. The second-order valence-electron chi connectivity index (χ2n) is 3.82. The van der Waals surface area contributed by atoms with Gasteiger partial charge in [0.15, 0.2) is 0 Å². The van der Waals surface area contributed by atoms with Gasteiger partial charge < -0.3 is 15.8 Å². The van der Waals surface area contributed by atoms with E-state index in [1.54, 1.807) is 22.8 Å². The quantitative estimate of drug-likeness (QED) is 0.672. The van der Waals surface area contributed by atoms with Crippen molar-refractivity contribution in [1.29, 1.82) is 0 Å². The lowest BCUT2D eigenvalue weighted by Gasteiger charge is -2.13. The number of imidazole rings is 1. The van der Waals surface area contributed by atoms with Crippen molar-refractivity contribution in [3.05, 3.63) is 28.7 Å². The monoisotopic (exact) mass is 221 g/mol. The number of nitrogens with zero attached hydrogens (tertiary/aromatic N) is 1. The Balaban J connectivity index is 2.69. The minimum atomic E-state index is -0.207. The number of aromatic amines is 1. The van der Waals surface area contributed by atoms with Crippen molar-refractivity contribution in [3.63, 3.8) is 0 Å².